The molecule has 6 nitrogen and oxygen atoms in total. The molecule has 0 radical (unpaired) electrons. The average Bonchev–Trinajstić information content (AvgIpc) is 3.48. The molecule has 0 fully saturated rings. The maximum Gasteiger partial charge on any atom is 0.143 e. The fourth-order valence-electron chi connectivity index (χ4n) is 3.40. The normalized spacial score (nSPS) is 11.2. The third kappa shape index (κ3) is 3.40. The Hall–Kier alpha value is -3.45. The summed E-state index contributed by atoms with van der Waals surface area (Å²) in [6, 6.07) is 14.7. The lowest BCUT2D eigenvalue weighted by atomic mass is 10.1. The molecule has 0 spiro atoms. The van der Waals surface area contributed by atoms with E-state index in [1.54, 1.807) is 24.8 Å². The Morgan fingerprint density at radius 1 is 1.07 bits per heavy atom. The highest BCUT2D eigenvalue weighted by Gasteiger charge is 2.11. The van der Waals surface area contributed by atoms with Crippen LogP contribution in [0.1, 0.15) is 11.3 Å². The zero-order chi connectivity index (χ0) is 19.8. The van der Waals surface area contributed by atoms with E-state index in [9.17, 15) is 0 Å². The number of thiophene rings is 1. The van der Waals surface area contributed by atoms with Gasteiger partial charge in [-0.1, -0.05) is 23.4 Å². The molecule has 0 amide bonds. The summed E-state index contributed by atoms with van der Waals surface area (Å²) in [6.07, 6.45) is 5.72. The summed E-state index contributed by atoms with van der Waals surface area (Å²) < 4.78 is 10.7. The molecular formula is C22H19N5OS. The summed E-state index contributed by atoms with van der Waals surface area (Å²) in [5.41, 5.74) is 4.88. The van der Waals surface area contributed by atoms with Crippen molar-refractivity contribution in [2.24, 2.45) is 0 Å². The number of aryl methyl sites for hydroxylation is 1. The van der Waals surface area contributed by atoms with Gasteiger partial charge in [0.25, 0.3) is 0 Å². The monoisotopic (exact) mass is 401 g/mol. The Morgan fingerprint density at radius 3 is 2.83 bits per heavy atom. The van der Waals surface area contributed by atoms with Gasteiger partial charge >= 0.3 is 0 Å². The summed E-state index contributed by atoms with van der Waals surface area (Å²) >= 11 is 1.75. The van der Waals surface area contributed by atoms with Crippen LogP contribution in [0.3, 0.4) is 0 Å². The number of imidazole rings is 1. The van der Waals surface area contributed by atoms with Gasteiger partial charge in [-0.15, -0.1) is 16.4 Å². The van der Waals surface area contributed by atoms with Crippen molar-refractivity contribution in [3.8, 4) is 22.7 Å². The van der Waals surface area contributed by atoms with Crippen LogP contribution < -0.4 is 4.74 Å². The molecule has 7 heteroatoms. The van der Waals surface area contributed by atoms with Crippen LogP contribution in [0.4, 0.5) is 0 Å². The topological polar surface area (TPSA) is 57.8 Å². The molecular weight excluding hydrogens is 382 g/mol. The van der Waals surface area contributed by atoms with Crippen molar-refractivity contribution in [3.05, 3.63) is 77.8 Å². The predicted octanol–water partition coefficient (Wildman–Crippen LogP) is 4.71. The van der Waals surface area contributed by atoms with E-state index in [-0.39, 0.29) is 0 Å². The van der Waals surface area contributed by atoms with Crippen molar-refractivity contribution in [2.75, 3.05) is 7.11 Å². The quantitative estimate of drug-likeness (QED) is 0.428. The molecule has 5 rings (SSSR count). The van der Waals surface area contributed by atoms with Crippen molar-refractivity contribution >= 4 is 21.4 Å². The van der Waals surface area contributed by atoms with Crippen LogP contribution in [0, 0.1) is 6.92 Å². The molecule has 0 bridgehead atoms. The largest absolute Gasteiger partial charge is 0.495 e. The number of rotatable bonds is 5. The third-order valence-electron chi connectivity index (χ3n) is 4.87. The van der Waals surface area contributed by atoms with Crippen molar-refractivity contribution < 1.29 is 4.74 Å². The van der Waals surface area contributed by atoms with Gasteiger partial charge < -0.3 is 9.30 Å². The highest BCUT2D eigenvalue weighted by molar-refractivity contribution is 7.17. The smallest absolute Gasteiger partial charge is 0.143 e. The second-order valence-electron chi connectivity index (χ2n) is 6.90. The molecule has 3 aromatic heterocycles. The third-order valence-corrected chi connectivity index (χ3v) is 5.75. The second-order valence-corrected chi connectivity index (χ2v) is 7.85. The van der Waals surface area contributed by atoms with E-state index in [1.807, 2.05) is 46.8 Å². The highest BCUT2D eigenvalue weighted by atomic mass is 32.1. The van der Waals surface area contributed by atoms with Gasteiger partial charge in [0.1, 0.15) is 11.4 Å². The van der Waals surface area contributed by atoms with E-state index in [0.717, 1.165) is 28.4 Å². The molecule has 29 heavy (non-hydrogen) atoms. The van der Waals surface area contributed by atoms with Crippen molar-refractivity contribution in [1.82, 2.24) is 24.5 Å². The number of aromatic nitrogens is 5. The Labute approximate surface area is 172 Å². The Morgan fingerprint density at radius 2 is 2.00 bits per heavy atom. The van der Waals surface area contributed by atoms with Crippen LogP contribution >= 0.6 is 11.3 Å². The molecule has 5 aromatic rings. The lowest BCUT2D eigenvalue weighted by molar-refractivity contribution is 0.413. The molecule has 0 saturated heterocycles. The number of ether oxygens (including phenoxy) is 1. The first-order valence-corrected chi connectivity index (χ1v) is 10.1. The van der Waals surface area contributed by atoms with E-state index >= 15 is 0 Å². The summed E-state index contributed by atoms with van der Waals surface area (Å²) in [6.45, 7) is 2.65. The van der Waals surface area contributed by atoms with Gasteiger partial charge in [0.2, 0.25) is 0 Å². The maximum absolute atomic E-state index is 5.60. The molecule has 0 N–H and O–H groups in total. The fraction of sp³-hybridized carbons (Fsp3) is 0.136. The molecule has 3 heterocycles. The predicted molar refractivity (Wildman–Crippen MR) is 115 cm³/mol. The summed E-state index contributed by atoms with van der Waals surface area (Å²) in [7, 11) is 1.67. The highest BCUT2D eigenvalue weighted by Crippen LogP contribution is 2.29. The Kier molecular flexibility index (Phi) is 4.37. The van der Waals surface area contributed by atoms with Gasteiger partial charge in [-0.3, -0.25) is 0 Å². The lowest BCUT2D eigenvalue weighted by Gasteiger charge is -2.10. The van der Waals surface area contributed by atoms with Crippen LogP contribution in [0.25, 0.3) is 27.0 Å². The van der Waals surface area contributed by atoms with E-state index in [2.05, 4.69) is 44.9 Å². The number of methoxy groups -OCH3 is 1. The van der Waals surface area contributed by atoms with Gasteiger partial charge in [-0.2, -0.15) is 0 Å². The Balaban J connectivity index is 1.42. The summed E-state index contributed by atoms with van der Waals surface area (Å²) in [4.78, 5) is 4.29. The second kappa shape index (κ2) is 7.18. The molecule has 0 saturated carbocycles. The summed E-state index contributed by atoms with van der Waals surface area (Å²) in [5, 5.41) is 12.1. The average molecular weight is 401 g/mol. The minimum absolute atomic E-state index is 0.685. The molecule has 144 valence electrons. The fourth-order valence-corrected chi connectivity index (χ4v) is 4.25. The van der Waals surface area contributed by atoms with E-state index in [0.29, 0.717) is 6.54 Å². The zero-order valence-corrected chi connectivity index (χ0v) is 16.9. The number of hydrogen-bond donors (Lipinski definition) is 0. The van der Waals surface area contributed by atoms with E-state index in [1.165, 1.54) is 15.6 Å². The van der Waals surface area contributed by atoms with Gasteiger partial charge in [0.05, 0.1) is 37.6 Å². The van der Waals surface area contributed by atoms with Crippen LogP contribution in [0.15, 0.2) is 66.6 Å². The lowest BCUT2D eigenvalue weighted by Crippen LogP contribution is -1.99. The molecule has 0 atom stereocenters. The van der Waals surface area contributed by atoms with Crippen molar-refractivity contribution in [2.45, 2.75) is 13.5 Å². The van der Waals surface area contributed by atoms with Gasteiger partial charge in [0.15, 0.2) is 0 Å². The first-order valence-electron chi connectivity index (χ1n) is 9.25. The molecule has 0 unspecified atom stereocenters. The number of nitrogens with zero attached hydrogens (tertiary/aromatic N) is 5. The molecule has 0 aliphatic carbocycles. The van der Waals surface area contributed by atoms with Crippen LogP contribution in [-0.4, -0.2) is 31.7 Å². The van der Waals surface area contributed by atoms with Gasteiger partial charge in [-0.25, -0.2) is 9.67 Å². The first kappa shape index (κ1) is 17.6. The van der Waals surface area contributed by atoms with E-state index in [4.69, 9.17) is 4.74 Å². The van der Waals surface area contributed by atoms with Crippen LogP contribution in [0.5, 0.6) is 5.75 Å². The first-order chi connectivity index (χ1) is 14.2. The zero-order valence-electron chi connectivity index (χ0n) is 16.1. The number of benzene rings is 2. The van der Waals surface area contributed by atoms with Crippen molar-refractivity contribution in [1.29, 1.82) is 0 Å². The standard InChI is InChI=1S/C22H19N5OS/c1-15-11-26(14-23-15)20-6-5-18(10-21(20)28-2)19-13-27(25-24-19)12-16-3-4-17-7-8-29-22(17)9-16/h3-11,13-14H,12H2,1-2H3. The number of hydrogen-bond acceptors (Lipinski definition) is 5. The van der Waals surface area contributed by atoms with Crippen LogP contribution in [-0.2, 0) is 6.54 Å². The Bertz CT molecular complexity index is 1300. The number of fused-ring (bicyclic) bond motifs is 1. The van der Waals surface area contributed by atoms with E-state index < -0.39 is 0 Å². The van der Waals surface area contributed by atoms with Crippen molar-refractivity contribution in [3.63, 3.8) is 0 Å². The molecule has 0 aliphatic rings. The summed E-state index contributed by atoms with van der Waals surface area (Å²) in [5.74, 6) is 0.762. The molecule has 2 aromatic carbocycles. The van der Waals surface area contributed by atoms with Gasteiger partial charge in [-0.05, 0) is 47.5 Å². The minimum Gasteiger partial charge on any atom is -0.495 e. The maximum atomic E-state index is 5.60. The van der Waals surface area contributed by atoms with Crippen LogP contribution in [0.2, 0.25) is 0 Å². The molecule has 0 aliphatic heterocycles. The SMILES string of the molecule is COc1cc(-c2cn(Cc3ccc4ccsc4c3)nn2)ccc1-n1cnc(C)c1. The van der Waals surface area contributed by atoms with Gasteiger partial charge in [0, 0.05) is 16.5 Å². The minimum atomic E-state index is 0.685.